The third-order valence-corrected chi connectivity index (χ3v) is 1.72. The van der Waals surface area contributed by atoms with Crippen LogP contribution < -0.4 is 0 Å². The Balaban J connectivity index is 3.06. The molecule has 0 aromatic heterocycles. The summed E-state index contributed by atoms with van der Waals surface area (Å²) in [4.78, 5) is 21.6. The predicted molar refractivity (Wildman–Crippen MR) is 52.7 cm³/mol. The van der Waals surface area contributed by atoms with Crippen molar-refractivity contribution >= 4 is 17.8 Å². The minimum atomic E-state index is -1.19. The highest BCUT2D eigenvalue weighted by Crippen LogP contribution is 2.07. The van der Waals surface area contributed by atoms with E-state index in [9.17, 15) is 9.59 Å². The maximum absolute atomic E-state index is 10.9. The first-order chi connectivity index (χ1) is 6.61. The van der Waals surface area contributed by atoms with Crippen LogP contribution in [0, 0.1) is 0 Å². The Bertz CT molecular complexity index is 361. The highest BCUT2D eigenvalue weighted by atomic mass is 16.4. The number of benzene rings is 1. The average molecular weight is 190 g/mol. The Hall–Kier alpha value is -1.90. The number of carbonyl (C=O) groups excluding carboxylic acids is 1. The molecule has 0 aliphatic rings. The molecule has 0 amide bonds. The van der Waals surface area contributed by atoms with E-state index in [-0.39, 0.29) is 5.57 Å². The van der Waals surface area contributed by atoms with Gasteiger partial charge in [0.05, 0.1) is 0 Å². The minimum absolute atomic E-state index is 0.198. The molecule has 0 aliphatic carbocycles. The predicted octanol–water partition coefficient (Wildman–Crippen LogP) is 1.74. The Morgan fingerprint density at radius 2 is 1.79 bits per heavy atom. The summed E-state index contributed by atoms with van der Waals surface area (Å²) in [5, 5.41) is 8.72. The molecule has 0 unspecified atom stereocenters. The second-order valence-electron chi connectivity index (χ2n) is 2.83. The molecule has 72 valence electrons. The monoisotopic (exact) mass is 190 g/mol. The molecule has 14 heavy (non-hydrogen) atoms. The summed E-state index contributed by atoms with van der Waals surface area (Å²) in [6, 6.07) is 8.88. The molecule has 0 atom stereocenters. The summed E-state index contributed by atoms with van der Waals surface area (Å²) in [6.45, 7) is 1.24. The summed E-state index contributed by atoms with van der Waals surface area (Å²) in [5.74, 6) is -1.64. The number of Topliss-reactive ketones (excluding diaryl/α,β-unsaturated/α-hetero) is 1. The third kappa shape index (κ3) is 2.55. The maximum atomic E-state index is 10.9. The Labute approximate surface area is 81.7 Å². The van der Waals surface area contributed by atoms with Crippen LogP contribution in [0.3, 0.4) is 0 Å². The molecule has 3 nitrogen and oxygen atoms in total. The van der Waals surface area contributed by atoms with Gasteiger partial charge in [0, 0.05) is 0 Å². The second-order valence-corrected chi connectivity index (χ2v) is 2.83. The number of aliphatic carboxylic acids is 1. The van der Waals surface area contributed by atoms with Crippen molar-refractivity contribution in [2.45, 2.75) is 6.92 Å². The van der Waals surface area contributed by atoms with Crippen molar-refractivity contribution in [2.24, 2.45) is 0 Å². The van der Waals surface area contributed by atoms with E-state index in [2.05, 4.69) is 0 Å². The molecule has 0 bridgehead atoms. The fourth-order valence-corrected chi connectivity index (χ4v) is 1.03. The molecule has 0 radical (unpaired) electrons. The zero-order valence-corrected chi connectivity index (χ0v) is 7.73. The SMILES string of the molecule is CC(=O)C(=Cc1ccccc1)C(=O)O. The van der Waals surface area contributed by atoms with Crippen LogP contribution in [0.15, 0.2) is 35.9 Å². The summed E-state index contributed by atoms with van der Waals surface area (Å²) >= 11 is 0. The first kappa shape index (κ1) is 10.2. The van der Waals surface area contributed by atoms with Gasteiger partial charge in [0.25, 0.3) is 0 Å². The molecule has 0 heterocycles. The third-order valence-electron chi connectivity index (χ3n) is 1.72. The van der Waals surface area contributed by atoms with Crippen LogP contribution in [0.25, 0.3) is 6.08 Å². The van der Waals surface area contributed by atoms with E-state index in [1.807, 2.05) is 6.07 Å². The first-order valence-electron chi connectivity index (χ1n) is 4.12. The van der Waals surface area contributed by atoms with Crippen molar-refractivity contribution in [3.63, 3.8) is 0 Å². The minimum Gasteiger partial charge on any atom is -0.478 e. The fourth-order valence-electron chi connectivity index (χ4n) is 1.03. The van der Waals surface area contributed by atoms with E-state index in [4.69, 9.17) is 5.11 Å². The number of rotatable bonds is 3. The molecule has 0 saturated carbocycles. The number of ketones is 1. The molecular weight excluding hydrogens is 180 g/mol. The Morgan fingerprint density at radius 1 is 1.21 bits per heavy atom. The van der Waals surface area contributed by atoms with Crippen molar-refractivity contribution in [1.82, 2.24) is 0 Å². The van der Waals surface area contributed by atoms with Crippen molar-refractivity contribution in [2.75, 3.05) is 0 Å². The molecule has 3 heteroatoms. The standard InChI is InChI=1S/C11H10O3/c1-8(12)10(11(13)14)7-9-5-3-2-4-6-9/h2-7H,1H3,(H,13,14). The number of carbonyl (C=O) groups is 2. The second kappa shape index (κ2) is 4.37. The summed E-state index contributed by atoms with van der Waals surface area (Å²) in [5.41, 5.74) is 0.510. The molecule has 0 aliphatic heterocycles. The molecular formula is C11H10O3. The van der Waals surface area contributed by atoms with Gasteiger partial charge in [-0.15, -0.1) is 0 Å². The van der Waals surface area contributed by atoms with Crippen LogP contribution in [-0.4, -0.2) is 16.9 Å². The fraction of sp³-hybridized carbons (Fsp3) is 0.0909. The van der Waals surface area contributed by atoms with Gasteiger partial charge in [-0.3, -0.25) is 4.79 Å². The van der Waals surface area contributed by atoms with E-state index in [0.717, 1.165) is 0 Å². The lowest BCUT2D eigenvalue weighted by atomic mass is 10.1. The molecule has 0 fully saturated rings. The average Bonchev–Trinajstić information content (AvgIpc) is 2.15. The summed E-state index contributed by atoms with van der Waals surface area (Å²) < 4.78 is 0. The van der Waals surface area contributed by atoms with Crippen LogP contribution in [0.2, 0.25) is 0 Å². The highest BCUT2D eigenvalue weighted by Gasteiger charge is 2.11. The van der Waals surface area contributed by atoms with Crippen molar-refractivity contribution < 1.29 is 14.7 Å². The maximum Gasteiger partial charge on any atom is 0.339 e. The molecule has 0 saturated heterocycles. The quantitative estimate of drug-likeness (QED) is 0.448. The van der Waals surface area contributed by atoms with Gasteiger partial charge in [0.1, 0.15) is 5.57 Å². The van der Waals surface area contributed by atoms with Crippen LogP contribution >= 0.6 is 0 Å². The zero-order chi connectivity index (χ0) is 10.6. The van der Waals surface area contributed by atoms with Gasteiger partial charge < -0.3 is 5.11 Å². The number of carboxylic acid groups (broad SMARTS) is 1. The lowest BCUT2D eigenvalue weighted by Gasteiger charge is -1.96. The highest BCUT2D eigenvalue weighted by molar-refractivity contribution is 6.19. The van der Waals surface area contributed by atoms with Crippen molar-refractivity contribution in [1.29, 1.82) is 0 Å². The van der Waals surface area contributed by atoms with E-state index < -0.39 is 11.8 Å². The van der Waals surface area contributed by atoms with Gasteiger partial charge in [-0.25, -0.2) is 4.79 Å². The lowest BCUT2D eigenvalue weighted by molar-refractivity contribution is -0.134. The number of carboxylic acids is 1. The molecule has 1 aromatic carbocycles. The van der Waals surface area contributed by atoms with E-state index >= 15 is 0 Å². The van der Waals surface area contributed by atoms with Crippen molar-refractivity contribution in [3.8, 4) is 0 Å². The first-order valence-corrected chi connectivity index (χ1v) is 4.12. The molecule has 0 spiro atoms. The van der Waals surface area contributed by atoms with Gasteiger partial charge in [0.15, 0.2) is 5.78 Å². The van der Waals surface area contributed by atoms with Gasteiger partial charge in [-0.1, -0.05) is 30.3 Å². The molecule has 1 aromatic rings. The zero-order valence-electron chi connectivity index (χ0n) is 7.73. The van der Waals surface area contributed by atoms with Gasteiger partial charge >= 0.3 is 5.97 Å². The number of hydrogen-bond acceptors (Lipinski definition) is 2. The largest absolute Gasteiger partial charge is 0.478 e. The molecule has 1 N–H and O–H groups in total. The van der Waals surface area contributed by atoms with E-state index in [0.29, 0.717) is 5.56 Å². The van der Waals surface area contributed by atoms with E-state index in [1.54, 1.807) is 24.3 Å². The van der Waals surface area contributed by atoms with Crippen LogP contribution in [0.5, 0.6) is 0 Å². The topological polar surface area (TPSA) is 54.4 Å². The Morgan fingerprint density at radius 3 is 2.21 bits per heavy atom. The van der Waals surface area contributed by atoms with Crippen LogP contribution in [-0.2, 0) is 9.59 Å². The van der Waals surface area contributed by atoms with Gasteiger partial charge in [0.2, 0.25) is 0 Å². The summed E-state index contributed by atoms with van der Waals surface area (Å²) in [7, 11) is 0. The van der Waals surface area contributed by atoms with Gasteiger partial charge in [-0.2, -0.15) is 0 Å². The van der Waals surface area contributed by atoms with Gasteiger partial charge in [-0.05, 0) is 18.6 Å². The van der Waals surface area contributed by atoms with E-state index in [1.165, 1.54) is 13.0 Å². The number of hydrogen-bond donors (Lipinski definition) is 1. The normalized spacial score (nSPS) is 11.1. The van der Waals surface area contributed by atoms with Crippen molar-refractivity contribution in [3.05, 3.63) is 41.5 Å². The lowest BCUT2D eigenvalue weighted by Crippen LogP contribution is -2.08. The smallest absolute Gasteiger partial charge is 0.339 e. The van der Waals surface area contributed by atoms with Crippen LogP contribution in [0.1, 0.15) is 12.5 Å². The Kier molecular flexibility index (Phi) is 3.18. The molecule has 1 rings (SSSR count). The van der Waals surface area contributed by atoms with Crippen LogP contribution in [0.4, 0.5) is 0 Å². The summed E-state index contributed by atoms with van der Waals surface area (Å²) in [6.07, 6.45) is 1.37.